The number of aromatic nitrogens is 2. The standard InChI is InChI=1S/C25H31N3O3/c1-18(2)16-26-23(29)14-8-9-15-27-24(30)21-12-6-7-13-22(21)28(25(27)31)17-20-11-5-4-10-19(20)3/h4-7,10-13,18H,8-9,14-17H2,1-3H3,(H,26,29). The fourth-order valence-corrected chi connectivity index (χ4v) is 3.64. The van der Waals surface area contributed by atoms with E-state index in [1.54, 1.807) is 10.6 Å². The molecule has 0 radical (unpaired) electrons. The van der Waals surface area contributed by atoms with Gasteiger partial charge in [-0.2, -0.15) is 0 Å². The van der Waals surface area contributed by atoms with Crippen LogP contribution in [0, 0.1) is 12.8 Å². The summed E-state index contributed by atoms with van der Waals surface area (Å²) >= 11 is 0. The number of carbonyl (C=O) groups excluding carboxylic acids is 1. The van der Waals surface area contributed by atoms with Gasteiger partial charge >= 0.3 is 5.69 Å². The molecular weight excluding hydrogens is 390 g/mol. The van der Waals surface area contributed by atoms with Crippen LogP contribution in [0.4, 0.5) is 0 Å². The van der Waals surface area contributed by atoms with Crippen molar-refractivity contribution in [1.29, 1.82) is 0 Å². The fraction of sp³-hybridized carbons (Fsp3) is 0.400. The summed E-state index contributed by atoms with van der Waals surface area (Å²) in [5.41, 5.74) is 2.21. The third kappa shape index (κ3) is 5.51. The van der Waals surface area contributed by atoms with Gasteiger partial charge in [0.15, 0.2) is 0 Å². The van der Waals surface area contributed by atoms with Crippen molar-refractivity contribution in [3.63, 3.8) is 0 Å². The Labute approximate surface area is 182 Å². The van der Waals surface area contributed by atoms with Gasteiger partial charge < -0.3 is 5.32 Å². The molecule has 164 valence electrons. The van der Waals surface area contributed by atoms with Crippen molar-refractivity contribution in [3.05, 3.63) is 80.5 Å². The van der Waals surface area contributed by atoms with E-state index < -0.39 is 0 Å². The molecule has 1 aromatic heterocycles. The first-order valence-electron chi connectivity index (χ1n) is 10.9. The largest absolute Gasteiger partial charge is 0.356 e. The molecule has 31 heavy (non-hydrogen) atoms. The summed E-state index contributed by atoms with van der Waals surface area (Å²) in [7, 11) is 0. The number of hydrogen-bond acceptors (Lipinski definition) is 3. The molecule has 0 unspecified atom stereocenters. The second kappa shape index (κ2) is 10.2. The highest BCUT2D eigenvalue weighted by atomic mass is 16.2. The summed E-state index contributed by atoms with van der Waals surface area (Å²) < 4.78 is 2.99. The van der Waals surface area contributed by atoms with Crippen molar-refractivity contribution in [2.24, 2.45) is 5.92 Å². The van der Waals surface area contributed by atoms with Crippen molar-refractivity contribution in [2.45, 2.75) is 53.1 Å². The predicted molar refractivity (Wildman–Crippen MR) is 124 cm³/mol. The maximum atomic E-state index is 13.3. The fourth-order valence-electron chi connectivity index (χ4n) is 3.64. The molecule has 1 N–H and O–H groups in total. The summed E-state index contributed by atoms with van der Waals surface area (Å²) in [6.45, 7) is 7.48. The summed E-state index contributed by atoms with van der Waals surface area (Å²) in [6, 6.07) is 15.2. The molecule has 1 amide bonds. The van der Waals surface area contributed by atoms with E-state index in [9.17, 15) is 14.4 Å². The van der Waals surface area contributed by atoms with Crippen LogP contribution in [0.2, 0.25) is 0 Å². The van der Waals surface area contributed by atoms with Gasteiger partial charge in [-0.25, -0.2) is 4.79 Å². The first-order valence-corrected chi connectivity index (χ1v) is 10.9. The molecule has 0 saturated heterocycles. The molecule has 6 heteroatoms. The SMILES string of the molecule is Cc1ccccc1Cn1c(=O)n(CCCCC(=O)NCC(C)C)c(=O)c2ccccc21. The van der Waals surface area contributed by atoms with E-state index in [1.165, 1.54) is 4.57 Å². The van der Waals surface area contributed by atoms with Gasteiger partial charge in [0.05, 0.1) is 17.4 Å². The molecule has 3 aromatic rings. The maximum absolute atomic E-state index is 13.3. The predicted octanol–water partition coefficient (Wildman–Crippen LogP) is 3.46. The highest BCUT2D eigenvalue weighted by Gasteiger charge is 2.14. The Morgan fingerprint density at radius 1 is 0.968 bits per heavy atom. The lowest BCUT2D eigenvalue weighted by Crippen LogP contribution is -2.40. The smallest absolute Gasteiger partial charge is 0.331 e. The zero-order chi connectivity index (χ0) is 22.4. The van der Waals surface area contributed by atoms with Crippen LogP contribution in [0.25, 0.3) is 10.9 Å². The van der Waals surface area contributed by atoms with E-state index in [0.29, 0.717) is 55.7 Å². The number of nitrogens with one attached hydrogen (secondary N) is 1. The quantitative estimate of drug-likeness (QED) is 0.538. The van der Waals surface area contributed by atoms with Crippen LogP contribution in [0.1, 0.15) is 44.2 Å². The first-order chi connectivity index (χ1) is 14.9. The Bertz CT molecular complexity index is 1170. The lowest BCUT2D eigenvalue weighted by atomic mass is 10.1. The molecule has 0 saturated carbocycles. The molecule has 3 rings (SSSR count). The number of fused-ring (bicyclic) bond motifs is 1. The van der Waals surface area contributed by atoms with E-state index in [0.717, 1.165) is 11.1 Å². The van der Waals surface area contributed by atoms with E-state index >= 15 is 0 Å². The topological polar surface area (TPSA) is 73.1 Å². The monoisotopic (exact) mass is 421 g/mol. The Kier molecular flexibility index (Phi) is 7.45. The zero-order valence-electron chi connectivity index (χ0n) is 18.6. The second-order valence-electron chi connectivity index (χ2n) is 8.42. The van der Waals surface area contributed by atoms with E-state index in [-0.39, 0.29) is 17.2 Å². The van der Waals surface area contributed by atoms with Crippen LogP contribution in [0.15, 0.2) is 58.1 Å². The Balaban J connectivity index is 1.83. The number of aryl methyl sites for hydroxylation is 1. The molecule has 2 aromatic carbocycles. The molecule has 0 atom stereocenters. The Hall–Kier alpha value is -3.15. The van der Waals surface area contributed by atoms with Gasteiger partial charge in [0.2, 0.25) is 5.91 Å². The first kappa shape index (κ1) is 22.5. The molecule has 0 aliphatic heterocycles. The van der Waals surface area contributed by atoms with Gasteiger partial charge in [0, 0.05) is 19.5 Å². The highest BCUT2D eigenvalue weighted by Crippen LogP contribution is 2.13. The van der Waals surface area contributed by atoms with Gasteiger partial charge in [-0.3, -0.25) is 18.7 Å². The minimum Gasteiger partial charge on any atom is -0.356 e. The van der Waals surface area contributed by atoms with Crippen LogP contribution in [-0.4, -0.2) is 21.6 Å². The molecule has 1 heterocycles. The highest BCUT2D eigenvalue weighted by molar-refractivity contribution is 5.78. The van der Waals surface area contributed by atoms with Crippen LogP contribution in [0.3, 0.4) is 0 Å². The Morgan fingerprint density at radius 3 is 2.42 bits per heavy atom. The number of hydrogen-bond donors (Lipinski definition) is 1. The van der Waals surface area contributed by atoms with Crippen LogP contribution in [-0.2, 0) is 17.9 Å². The minimum atomic E-state index is -0.309. The van der Waals surface area contributed by atoms with Gasteiger partial charge in [-0.1, -0.05) is 50.2 Å². The number of amides is 1. The van der Waals surface area contributed by atoms with Gasteiger partial charge in [0.25, 0.3) is 5.56 Å². The second-order valence-corrected chi connectivity index (χ2v) is 8.42. The zero-order valence-corrected chi connectivity index (χ0v) is 18.6. The van der Waals surface area contributed by atoms with Crippen molar-refractivity contribution >= 4 is 16.8 Å². The van der Waals surface area contributed by atoms with E-state index in [1.807, 2.05) is 63.2 Å². The number of benzene rings is 2. The molecule has 6 nitrogen and oxygen atoms in total. The third-order valence-electron chi connectivity index (χ3n) is 5.46. The summed E-state index contributed by atoms with van der Waals surface area (Å²) in [5.74, 6) is 0.420. The van der Waals surface area contributed by atoms with Crippen molar-refractivity contribution < 1.29 is 4.79 Å². The molecular formula is C25H31N3O3. The van der Waals surface area contributed by atoms with Gasteiger partial charge in [-0.05, 0) is 48.9 Å². The van der Waals surface area contributed by atoms with E-state index in [4.69, 9.17) is 0 Å². The van der Waals surface area contributed by atoms with Gasteiger partial charge in [-0.15, -0.1) is 0 Å². The Morgan fingerprint density at radius 2 is 1.68 bits per heavy atom. The molecule has 0 aliphatic rings. The average molecular weight is 422 g/mol. The number of nitrogens with zero attached hydrogens (tertiary/aromatic N) is 2. The van der Waals surface area contributed by atoms with Crippen molar-refractivity contribution in [3.8, 4) is 0 Å². The molecule has 0 aliphatic carbocycles. The lowest BCUT2D eigenvalue weighted by molar-refractivity contribution is -0.121. The third-order valence-corrected chi connectivity index (χ3v) is 5.46. The maximum Gasteiger partial charge on any atom is 0.331 e. The van der Waals surface area contributed by atoms with Crippen molar-refractivity contribution in [2.75, 3.05) is 6.54 Å². The molecule has 0 fully saturated rings. The summed E-state index contributed by atoms with van der Waals surface area (Å²) in [4.78, 5) is 38.2. The molecule has 0 bridgehead atoms. The van der Waals surface area contributed by atoms with Crippen molar-refractivity contribution in [1.82, 2.24) is 14.5 Å². The number of para-hydroxylation sites is 1. The molecule has 0 spiro atoms. The number of rotatable bonds is 9. The van der Waals surface area contributed by atoms with Gasteiger partial charge in [0.1, 0.15) is 0 Å². The average Bonchev–Trinajstić information content (AvgIpc) is 2.75. The summed E-state index contributed by atoms with van der Waals surface area (Å²) in [6.07, 6.45) is 1.61. The van der Waals surface area contributed by atoms with Crippen LogP contribution in [0.5, 0.6) is 0 Å². The summed E-state index contributed by atoms with van der Waals surface area (Å²) in [5, 5.41) is 3.43. The number of unbranched alkanes of at least 4 members (excludes halogenated alkanes) is 1. The normalized spacial score (nSPS) is 11.2. The van der Waals surface area contributed by atoms with Crippen LogP contribution >= 0.6 is 0 Å². The minimum absolute atomic E-state index is 0.0107. The van der Waals surface area contributed by atoms with E-state index in [2.05, 4.69) is 5.32 Å². The number of carbonyl (C=O) groups is 1. The van der Waals surface area contributed by atoms with Crippen LogP contribution < -0.4 is 16.6 Å². The lowest BCUT2D eigenvalue weighted by Gasteiger charge is -2.15.